The second kappa shape index (κ2) is 5.53. The van der Waals surface area contributed by atoms with Crippen molar-refractivity contribution >= 4 is 5.78 Å². The first-order chi connectivity index (χ1) is 7.54. The van der Waals surface area contributed by atoms with Crippen LogP contribution in [0.3, 0.4) is 0 Å². The molecule has 1 unspecified atom stereocenters. The summed E-state index contributed by atoms with van der Waals surface area (Å²) >= 11 is 0. The number of ketones is 1. The zero-order chi connectivity index (χ0) is 12.1. The zero-order valence-electron chi connectivity index (χ0n) is 9.11. The van der Waals surface area contributed by atoms with Crippen LogP contribution in [0, 0.1) is 0 Å². The van der Waals surface area contributed by atoms with Crippen molar-refractivity contribution in [3.8, 4) is 5.88 Å². The topological polar surface area (TPSA) is 39.2 Å². The summed E-state index contributed by atoms with van der Waals surface area (Å²) in [5, 5.41) is 0. The van der Waals surface area contributed by atoms with Gasteiger partial charge in [0.25, 0.3) is 0 Å². The third-order valence-corrected chi connectivity index (χ3v) is 2.30. The Labute approximate surface area is 92.4 Å². The first-order valence-corrected chi connectivity index (χ1v) is 4.98. The van der Waals surface area contributed by atoms with Crippen LogP contribution < -0.4 is 4.74 Å². The van der Waals surface area contributed by atoms with Gasteiger partial charge < -0.3 is 4.74 Å². The first kappa shape index (κ1) is 12.5. The van der Waals surface area contributed by atoms with E-state index in [0.29, 0.717) is 12.0 Å². The molecular formula is C11H13F2NO2. The van der Waals surface area contributed by atoms with Crippen LogP contribution in [0.2, 0.25) is 0 Å². The van der Waals surface area contributed by atoms with Crippen LogP contribution in [-0.4, -0.2) is 17.4 Å². The molecule has 0 radical (unpaired) electrons. The van der Waals surface area contributed by atoms with Gasteiger partial charge in [-0.15, -0.1) is 0 Å². The van der Waals surface area contributed by atoms with Crippen molar-refractivity contribution in [3.05, 3.63) is 23.9 Å². The molecule has 5 heteroatoms. The number of aromatic nitrogens is 1. The van der Waals surface area contributed by atoms with Crippen LogP contribution in [0.25, 0.3) is 0 Å². The van der Waals surface area contributed by atoms with E-state index in [1.807, 2.05) is 0 Å². The summed E-state index contributed by atoms with van der Waals surface area (Å²) in [6, 6.07) is 2.91. The maximum Gasteiger partial charge on any atom is 0.388 e. The van der Waals surface area contributed by atoms with Gasteiger partial charge in [0.15, 0.2) is 0 Å². The van der Waals surface area contributed by atoms with E-state index in [0.717, 1.165) is 0 Å². The SMILES string of the molecule is CCC(=O)C(C)c1ccc(OC(F)F)nc1. The Morgan fingerprint density at radius 3 is 2.62 bits per heavy atom. The van der Waals surface area contributed by atoms with E-state index < -0.39 is 6.61 Å². The highest BCUT2D eigenvalue weighted by Crippen LogP contribution is 2.19. The number of pyridine rings is 1. The van der Waals surface area contributed by atoms with Crippen LogP contribution in [0.15, 0.2) is 18.3 Å². The minimum absolute atomic E-state index is 0.0873. The molecule has 0 amide bonds. The lowest BCUT2D eigenvalue weighted by molar-refractivity contribution is -0.119. The van der Waals surface area contributed by atoms with Gasteiger partial charge >= 0.3 is 6.61 Å². The number of Topliss-reactive ketones (excluding diaryl/α,β-unsaturated/α-hetero) is 1. The summed E-state index contributed by atoms with van der Waals surface area (Å²) in [7, 11) is 0. The maximum atomic E-state index is 11.8. The minimum atomic E-state index is -2.88. The summed E-state index contributed by atoms with van der Waals surface area (Å²) in [4.78, 5) is 15.1. The molecule has 1 aromatic heterocycles. The van der Waals surface area contributed by atoms with E-state index in [-0.39, 0.29) is 17.6 Å². The first-order valence-electron chi connectivity index (χ1n) is 4.98. The third kappa shape index (κ3) is 3.25. The van der Waals surface area contributed by atoms with Crippen molar-refractivity contribution < 1.29 is 18.3 Å². The van der Waals surface area contributed by atoms with E-state index in [1.165, 1.54) is 12.3 Å². The van der Waals surface area contributed by atoms with Gasteiger partial charge in [-0.2, -0.15) is 8.78 Å². The average Bonchev–Trinajstić information content (AvgIpc) is 2.27. The molecule has 1 heterocycles. The number of alkyl halides is 2. The van der Waals surface area contributed by atoms with Crippen molar-refractivity contribution in [2.75, 3.05) is 0 Å². The predicted molar refractivity (Wildman–Crippen MR) is 54.6 cm³/mol. The van der Waals surface area contributed by atoms with Gasteiger partial charge in [0.1, 0.15) is 5.78 Å². The molecule has 88 valence electrons. The van der Waals surface area contributed by atoms with Crippen LogP contribution in [0.1, 0.15) is 31.7 Å². The average molecular weight is 229 g/mol. The maximum absolute atomic E-state index is 11.8. The molecule has 16 heavy (non-hydrogen) atoms. The standard InChI is InChI=1S/C11H13F2NO2/c1-3-9(15)7(2)8-4-5-10(14-6-8)16-11(12)13/h4-7,11H,3H2,1-2H3. The number of halogens is 2. The second-order valence-corrected chi connectivity index (χ2v) is 3.35. The van der Waals surface area contributed by atoms with Gasteiger partial charge in [0.2, 0.25) is 5.88 Å². The lowest BCUT2D eigenvalue weighted by Gasteiger charge is -2.09. The van der Waals surface area contributed by atoms with E-state index in [4.69, 9.17) is 0 Å². The molecule has 0 N–H and O–H groups in total. The smallest absolute Gasteiger partial charge is 0.388 e. The second-order valence-electron chi connectivity index (χ2n) is 3.35. The van der Waals surface area contributed by atoms with Crippen molar-refractivity contribution in [2.24, 2.45) is 0 Å². The molecule has 0 aliphatic carbocycles. The molecule has 0 aliphatic rings. The molecule has 0 bridgehead atoms. The number of nitrogens with zero attached hydrogens (tertiary/aromatic N) is 1. The molecule has 3 nitrogen and oxygen atoms in total. The van der Waals surface area contributed by atoms with Crippen molar-refractivity contribution in [2.45, 2.75) is 32.8 Å². The van der Waals surface area contributed by atoms with Gasteiger partial charge in [0, 0.05) is 24.6 Å². The number of rotatable bonds is 5. The molecule has 0 spiro atoms. The molecule has 1 atom stereocenters. The van der Waals surface area contributed by atoms with Crippen molar-refractivity contribution in [1.29, 1.82) is 0 Å². The number of hydrogen-bond acceptors (Lipinski definition) is 3. The molecule has 1 rings (SSSR count). The lowest BCUT2D eigenvalue weighted by Crippen LogP contribution is -2.08. The summed E-state index contributed by atoms with van der Waals surface area (Å²) < 4.78 is 27.8. The fourth-order valence-corrected chi connectivity index (χ4v) is 1.30. The summed E-state index contributed by atoms with van der Waals surface area (Å²) in [5.74, 6) is -0.322. The number of hydrogen-bond donors (Lipinski definition) is 0. The Balaban J connectivity index is 2.74. The van der Waals surface area contributed by atoms with Gasteiger partial charge in [-0.25, -0.2) is 4.98 Å². The van der Waals surface area contributed by atoms with E-state index >= 15 is 0 Å². The van der Waals surface area contributed by atoms with Gasteiger partial charge in [-0.1, -0.05) is 19.9 Å². The Morgan fingerprint density at radius 2 is 2.19 bits per heavy atom. The normalized spacial score (nSPS) is 12.6. The quantitative estimate of drug-likeness (QED) is 0.779. The monoisotopic (exact) mass is 229 g/mol. The van der Waals surface area contributed by atoms with Gasteiger partial charge in [-0.3, -0.25) is 4.79 Å². The third-order valence-electron chi connectivity index (χ3n) is 2.30. The Morgan fingerprint density at radius 1 is 1.50 bits per heavy atom. The van der Waals surface area contributed by atoms with Crippen LogP contribution in [0.5, 0.6) is 5.88 Å². The molecule has 0 aliphatic heterocycles. The minimum Gasteiger partial charge on any atom is -0.417 e. The largest absolute Gasteiger partial charge is 0.417 e. The van der Waals surface area contributed by atoms with Crippen molar-refractivity contribution in [3.63, 3.8) is 0 Å². The summed E-state index contributed by atoms with van der Waals surface area (Å²) in [6.45, 7) is 0.657. The van der Waals surface area contributed by atoms with Crippen LogP contribution >= 0.6 is 0 Å². The highest BCUT2D eigenvalue weighted by molar-refractivity contribution is 5.84. The van der Waals surface area contributed by atoms with E-state index in [2.05, 4.69) is 9.72 Å². The molecule has 0 saturated heterocycles. The molecular weight excluding hydrogens is 216 g/mol. The number of carbonyl (C=O) groups excluding carboxylic acids is 1. The molecule has 0 fully saturated rings. The Bertz CT molecular complexity index is 352. The molecule has 1 aromatic rings. The zero-order valence-corrected chi connectivity index (χ0v) is 9.11. The van der Waals surface area contributed by atoms with Crippen LogP contribution in [-0.2, 0) is 4.79 Å². The van der Waals surface area contributed by atoms with Gasteiger partial charge in [0.05, 0.1) is 0 Å². The highest BCUT2D eigenvalue weighted by Gasteiger charge is 2.14. The van der Waals surface area contributed by atoms with E-state index in [1.54, 1.807) is 19.9 Å². The fraction of sp³-hybridized carbons (Fsp3) is 0.455. The lowest BCUT2D eigenvalue weighted by atomic mass is 9.97. The van der Waals surface area contributed by atoms with Crippen molar-refractivity contribution in [1.82, 2.24) is 4.98 Å². The molecule has 0 aromatic carbocycles. The van der Waals surface area contributed by atoms with E-state index in [9.17, 15) is 13.6 Å². The Kier molecular flexibility index (Phi) is 4.34. The fourth-order valence-electron chi connectivity index (χ4n) is 1.30. The predicted octanol–water partition coefficient (Wildman–Crippen LogP) is 2.77. The van der Waals surface area contributed by atoms with Crippen LogP contribution in [0.4, 0.5) is 8.78 Å². The summed E-state index contributed by atoms with van der Waals surface area (Å²) in [6.07, 6.45) is 1.83. The summed E-state index contributed by atoms with van der Waals surface area (Å²) in [5.41, 5.74) is 0.702. The van der Waals surface area contributed by atoms with Gasteiger partial charge in [-0.05, 0) is 5.56 Å². The Hall–Kier alpha value is -1.52. The number of ether oxygens (including phenoxy) is 1. The highest BCUT2D eigenvalue weighted by atomic mass is 19.3. The number of carbonyl (C=O) groups is 1. The molecule has 0 saturated carbocycles.